The maximum atomic E-state index is 14.8. The van der Waals surface area contributed by atoms with Gasteiger partial charge in [-0.15, -0.1) is 0 Å². The summed E-state index contributed by atoms with van der Waals surface area (Å²) in [5, 5.41) is 151. The summed E-state index contributed by atoms with van der Waals surface area (Å²) in [6.45, 7) is 12.5. The van der Waals surface area contributed by atoms with Gasteiger partial charge in [0, 0.05) is 5.92 Å². The number of rotatable bonds is 11. The van der Waals surface area contributed by atoms with Crippen LogP contribution in [0.5, 0.6) is 0 Å². The van der Waals surface area contributed by atoms with Crippen molar-refractivity contribution in [3.63, 3.8) is 0 Å². The van der Waals surface area contributed by atoms with Crippen LogP contribution in [0.1, 0.15) is 106 Å². The first kappa shape index (κ1) is 59.0. The molecule has 28 atom stereocenters. The second-order valence-electron chi connectivity index (χ2n) is 25.8. The summed E-state index contributed by atoms with van der Waals surface area (Å²) < 4.78 is 48.6. The topological polar surface area (TPSA) is 374 Å². The van der Waals surface area contributed by atoms with Gasteiger partial charge in [0.1, 0.15) is 91.6 Å². The number of aliphatic hydroxyl groups excluding tert-OH is 14. The smallest absolute Gasteiger partial charge is 0.315 e. The van der Waals surface area contributed by atoms with E-state index >= 15 is 0 Å². The third kappa shape index (κ3) is 9.27. The summed E-state index contributed by atoms with van der Waals surface area (Å²) >= 11 is 0. The van der Waals surface area contributed by atoms with Crippen LogP contribution in [0, 0.1) is 50.2 Å². The van der Waals surface area contributed by atoms with Gasteiger partial charge in [-0.05, 0) is 96.7 Å². The monoisotopic (exact) mass is 1090 g/mol. The lowest BCUT2D eigenvalue weighted by Crippen LogP contribution is -2.68. The molecule has 0 amide bonds. The van der Waals surface area contributed by atoms with Crippen molar-refractivity contribution >= 4 is 5.97 Å². The summed E-state index contributed by atoms with van der Waals surface area (Å²) in [6, 6.07) is 0. The van der Waals surface area contributed by atoms with Crippen molar-refractivity contribution in [3.8, 4) is 0 Å². The molecule has 0 aromatic rings. The van der Waals surface area contributed by atoms with E-state index < -0.39 is 189 Å². The Morgan fingerprint density at radius 1 is 0.566 bits per heavy atom. The van der Waals surface area contributed by atoms with Crippen LogP contribution in [0.15, 0.2) is 11.6 Å². The molecular weight excluding hydrogens is 1000 g/mol. The Labute approximate surface area is 442 Å². The molecule has 23 nitrogen and oxygen atoms in total. The van der Waals surface area contributed by atoms with Crippen LogP contribution in [0.4, 0.5) is 0 Å². The Bertz CT molecular complexity index is 2090. The van der Waals surface area contributed by atoms with Gasteiger partial charge in [-0.3, -0.25) is 4.79 Å². The number of ether oxygens (including phenoxy) is 8. The lowest BCUT2D eigenvalue weighted by molar-refractivity contribution is -0.395. The summed E-state index contributed by atoms with van der Waals surface area (Å²) in [5.41, 5.74) is -2.56. The normalized spacial score (nSPS) is 54.0. The molecule has 4 aliphatic heterocycles. The fraction of sp³-hybridized carbons (Fsp3) is 0.943. The molecule has 9 rings (SSSR count). The van der Waals surface area contributed by atoms with Gasteiger partial charge in [-0.2, -0.15) is 0 Å². The van der Waals surface area contributed by atoms with Gasteiger partial charge in [0.25, 0.3) is 0 Å². The third-order valence-electron chi connectivity index (χ3n) is 21.3. The highest BCUT2D eigenvalue weighted by Gasteiger charge is 2.71. The molecule has 14 N–H and O–H groups in total. The molecule has 8 fully saturated rings. The van der Waals surface area contributed by atoms with Crippen molar-refractivity contribution in [2.24, 2.45) is 50.2 Å². The van der Waals surface area contributed by atoms with E-state index in [9.17, 15) is 76.3 Å². The highest BCUT2D eigenvalue weighted by atomic mass is 16.8. The quantitative estimate of drug-likeness (QED) is 0.0581. The minimum Gasteiger partial charge on any atom is -0.432 e. The van der Waals surface area contributed by atoms with Gasteiger partial charge < -0.3 is 109 Å². The highest BCUT2D eigenvalue weighted by Crippen LogP contribution is 2.76. The molecule has 0 aromatic heterocycles. The minimum absolute atomic E-state index is 0.0225. The molecule has 0 radical (unpaired) electrons. The summed E-state index contributed by atoms with van der Waals surface area (Å²) in [5.74, 6) is -1.21. The molecule has 4 saturated carbocycles. The molecule has 1 unspecified atom stereocenters. The summed E-state index contributed by atoms with van der Waals surface area (Å²) in [6.07, 6.45) is -25.5. The van der Waals surface area contributed by atoms with Gasteiger partial charge in [0.2, 0.25) is 6.29 Å². The predicted octanol–water partition coefficient (Wildman–Crippen LogP) is -2.43. The largest absolute Gasteiger partial charge is 0.432 e. The number of esters is 1. The fourth-order valence-corrected chi connectivity index (χ4v) is 16.2. The Morgan fingerprint density at radius 3 is 1.75 bits per heavy atom. The van der Waals surface area contributed by atoms with Gasteiger partial charge in [0.05, 0.1) is 44.1 Å². The zero-order chi connectivity index (χ0) is 55.6. The molecule has 4 saturated heterocycles. The van der Waals surface area contributed by atoms with Crippen LogP contribution >= 0.6 is 0 Å². The number of aliphatic hydroxyl groups is 14. The first-order chi connectivity index (χ1) is 35.6. The molecular formula is C53H86O23. The zero-order valence-electron chi connectivity index (χ0n) is 44.6. The van der Waals surface area contributed by atoms with Gasteiger partial charge in [0.15, 0.2) is 18.9 Å². The van der Waals surface area contributed by atoms with Crippen molar-refractivity contribution < 1.29 is 114 Å². The SMILES string of the molecule is CC1(C)CC[C@]2(C(=O)O[C@@H]3O[C@H](CO)[C@@H](O)[C@H](O)[C@H]3O)CC[C@]3(C)C(=CC[C@@H]4[C@@]5(C)CC[C@H](O[C@@H]6O[C@H](CO)[C@@H](O)[C@H](O[C@@H]7O[C@H](CO)[C@@H](O)[C@H](O)[C@H]7O)[C@H]6O[C@@H]6OC[C@@H](O)[C@H](O)[C@H]6O)C(C)(C)[C@@H]5CC[C@]43C)C2[C@@H]1O. The van der Waals surface area contributed by atoms with E-state index in [4.69, 9.17) is 37.9 Å². The van der Waals surface area contributed by atoms with E-state index in [1.807, 2.05) is 13.8 Å². The lowest BCUT2D eigenvalue weighted by Gasteiger charge is -2.71. The van der Waals surface area contributed by atoms with E-state index in [1.54, 1.807) is 0 Å². The first-order valence-corrected chi connectivity index (χ1v) is 27.4. The average molecular weight is 1090 g/mol. The molecule has 76 heavy (non-hydrogen) atoms. The number of carbonyl (C=O) groups is 1. The second kappa shape index (κ2) is 21.3. The molecule has 0 spiro atoms. The number of allylic oxidation sites excluding steroid dienone is 1. The van der Waals surface area contributed by atoms with Crippen LogP contribution < -0.4 is 0 Å². The molecule has 9 aliphatic rings. The van der Waals surface area contributed by atoms with Crippen LogP contribution in [0.25, 0.3) is 0 Å². The Morgan fingerprint density at radius 2 is 1.12 bits per heavy atom. The van der Waals surface area contributed by atoms with Crippen molar-refractivity contribution in [2.45, 2.75) is 235 Å². The number of hydrogen-bond acceptors (Lipinski definition) is 23. The summed E-state index contributed by atoms with van der Waals surface area (Å²) in [4.78, 5) is 14.8. The molecule has 5 aliphatic carbocycles. The van der Waals surface area contributed by atoms with Crippen molar-refractivity contribution in [1.29, 1.82) is 0 Å². The Balaban J connectivity index is 0.997. The van der Waals surface area contributed by atoms with Crippen molar-refractivity contribution in [1.82, 2.24) is 0 Å². The molecule has 4 heterocycles. The fourth-order valence-electron chi connectivity index (χ4n) is 16.2. The van der Waals surface area contributed by atoms with Gasteiger partial charge >= 0.3 is 5.97 Å². The van der Waals surface area contributed by atoms with E-state index in [2.05, 4.69) is 40.7 Å². The van der Waals surface area contributed by atoms with Crippen molar-refractivity contribution in [2.75, 3.05) is 26.4 Å². The van der Waals surface area contributed by atoms with Crippen LogP contribution in [0.3, 0.4) is 0 Å². The van der Waals surface area contributed by atoms with E-state index in [0.29, 0.717) is 44.9 Å². The standard InChI is InChI=1S/C53H86O23/c1-48(2)14-16-53(47(68)76-45-39(66)36(63)33(60)25(19-55)71-45)17-15-51(6)22(30(53)42(48)67)8-9-28-50(5)12-11-29(49(3,4)27(50)10-13-52(28,51)7)73-46-41(75-43-37(64)31(58)23(57)21-69-43)40(34(61)26(20-56)72-46)74-44-38(65)35(62)32(59)24(18-54)70-44/h8,23-46,54-67H,9-21H2,1-7H3/t23-,24-,25-,26-,27+,28-,29+,30?,31+,32-,33-,34-,35+,36+,37-,38-,39-,40+,41-,42+,43+,44+,45+,46+,50+,51-,52-,53+/m1/s1. The van der Waals surface area contributed by atoms with Crippen LogP contribution in [0.2, 0.25) is 0 Å². The third-order valence-corrected chi connectivity index (χ3v) is 21.3. The maximum absolute atomic E-state index is 14.8. The minimum atomic E-state index is -1.91. The van der Waals surface area contributed by atoms with E-state index in [1.165, 1.54) is 0 Å². The Kier molecular flexibility index (Phi) is 16.5. The van der Waals surface area contributed by atoms with Crippen LogP contribution in [-0.2, 0) is 42.7 Å². The van der Waals surface area contributed by atoms with E-state index in [-0.39, 0.29) is 22.7 Å². The average Bonchev–Trinajstić information content (AvgIpc) is 3.45. The highest BCUT2D eigenvalue weighted by molar-refractivity contribution is 5.79. The van der Waals surface area contributed by atoms with Gasteiger partial charge in [-0.1, -0.05) is 60.1 Å². The molecule has 0 aromatic carbocycles. The first-order valence-electron chi connectivity index (χ1n) is 27.4. The number of hydrogen-bond donors (Lipinski definition) is 14. The predicted molar refractivity (Wildman–Crippen MR) is 258 cm³/mol. The molecule has 23 heteroatoms. The Hall–Kier alpha value is -1.63. The van der Waals surface area contributed by atoms with Crippen LogP contribution in [-0.4, -0.2) is 233 Å². The molecule has 436 valence electrons. The van der Waals surface area contributed by atoms with E-state index in [0.717, 1.165) is 18.4 Å². The summed E-state index contributed by atoms with van der Waals surface area (Å²) in [7, 11) is 0. The number of fused-ring (bicyclic) bond motifs is 7. The van der Waals surface area contributed by atoms with Gasteiger partial charge in [-0.25, -0.2) is 0 Å². The lowest BCUT2D eigenvalue weighted by atomic mass is 9.33. The number of carbonyl (C=O) groups excluding carboxylic acids is 1. The maximum Gasteiger partial charge on any atom is 0.315 e. The van der Waals surface area contributed by atoms with Crippen molar-refractivity contribution in [3.05, 3.63) is 11.6 Å². The zero-order valence-corrected chi connectivity index (χ0v) is 44.6. The molecule has 0 bridgehead atoms. The second-order valence-corrected chi connectivity index (χ2v) is 25.8.